The second-order valence-electron chi connectivity index (χ2n) is 14.6. The molecule has 5 aromatic rings. The van der Waals surface area contributed by atoms with Crippen molar-refractivity contribution in [1.29, 1.82) is 0 Å². The predicted molar refractivity (Wildman–Crippen MR) is 213 cm³/mol. The number of piperidine rings is 1. The number of aromatic nitrogens is 3. The molecule has 3 saturated heterocycles. The first-order valence-corrected chi connectivity index (χ1v) is 20.1. The van der Waals surface area contributed by atoms with Crippen LogP contribution in [0.4, 0.5) is 20.3 Å². The average Bonchev–Trinajstić information content (AvgIpc) is 3.84. The molecule has 292 valence electrons. The number of anilines is 2. The van der Waals surface area contributed by atoms with Crippen molar-refractivity contribution in [3.63, 3.8) is 0 Å². The lowest BCUT2D eigenvalue weighted by Crippen LogP contribution is -2.44. The molecule has 8 rings (SSSR count). The lowest BCUT2D eigenvalue weighted by molar-refractivity contribution is -0.144. The van der Waals surface area contributed by atoms with Crippen molar-refractivity contribution in [2.75, 3.05) is 11.9 Å². The zero-order valence-corrected chi connectivity index (χ0v) is 32.7. The van der Waals surface area contributed by atoms with Crippen molar-refractivity contribution in [2.24, 2.45) is 5.92 Å². The van der Waals surface area contributed by atoms with E-state index in [-0.39, 0.29) is 42.4 Å². The van der Waals surface area contributed by atoms with Crippen LogP contribution in [0.15, 0.2) is 54.7 Å². The summed E-state index contributed by atoms with van der Waals surface area (Å²) in [5, 5.41) is 20.8. The number of nitrogens with zero attached hydrogens (tertiary/aromatic N) is 4. The molecule has 3 aromatic heterocycles. The van der Waals surface area contributed by atoms with Gasteiger partial charge in [-0.2, -0.15) is 8.78 Å². The molecule has 1 unspecified atom stereocenters. The van der Waals surface area contributed by atoms with Gasteiger partial charge in [-0.1, -0.05) is 53.5 Å². The summed E-state index contributed by atoms with van der Waals surface area (Å²) < 4.78 is 33.1. The highest BCUT2D eigenvalue weighted by Gasteiger charge is 2.43. The number of thiazole rings is 1. The van der Waals surface area contributed by atoms with Crippen LogP contribution in [0.1, 0.15) is 54.7 Å². The Bertz CT molecular complexity index is 2300. The summed E-state index contributed by atoms with van der Waals surface area (Å²) in [5.74, 6) is -0.638. The molecule has 56 heavy (non-hydrogen) atoms. The minimum atomic E-state index is -3.09. The molecule has 2 aromatic carbocycles. The number of fused-ring (bicyclic) bond motifs is 3. The molecular weight excluding hydrogens is 783 g/mol. The van der Waals surface area contributed by atoms with E-state index < -0.39 is 12.6 Å². The molecule has 11 nitrogen and oxygen atoms in total. The zero-order valence-electron chi connectivity index (χ0n) is 30.3. The fourth-order valence-electron chi connectivity index (χ4n) is 8.26. The van der Waals surface area contributed by atoms with Crippen LogP contribution in [0, 0.1) is 12.8 Å². The second-order valence-corrected chi connectivity index (χ2v) is 16.4. The number of amides is 1. The number of hydrogen-bond donors (Lipinski definition) is 4. The molecule has 16 heteroatoms. The van der Waals surface area contributed by atoms with E-state index in [1.807, 2.05) is 30.3 Å². The van der Waals surface area contributed by atoms with E-state index in [2.05, 4.69) is 30.8 Å². The molecule has 0 radical (unpaired) electrons. The van der Waals surface area contributed by atoms with Crippen LogP contribution in [0.25, 0.3) is 32.6 Å². The summed E-state index contributed by atoms with van der Waals surface area (Å²) in [6.07, 6.45) is 6.26. The van der Waals surface area contributed by atoms with Gasteiger partial charge in [0.15, 0.2) is 5.82 Å². The minimum absolute atomic E-state index is 0.000453. The number of alkyl halides is 2. The van der Waals surface area contributed by atoms with E-state index in [0.717, 1.165) is 22.5 Å². The maximum absolute atomic E-state index is 13.6. The Balaban J connectivity index is 1.03. The van der Waals surface area contributed by atoms with Gasteiger partial charge in [0.25, 0.3) is 0 Å². The Morgan fingerprint density at radius 1 is 1.05 bits per heavy atom. The monoisotopic (exact) mass is 821 g/mol. The van der Waals surface area contributed by atoms with E-state index in [0.29, 0.717) is 99.4 Å². The highest BCUT2D eigenvalue weighted by molar-refractivity contribution is 7.18. The molecular formula is C40H39Cl2F2N7O4S. The number of aryl methyl sites for hydroxylation is 1. The van der Waals surface area contributed by atoms with Gasteiger partial charge in [-0.15, -0.1) is 11.3 Å². The standard InChI is InChI=1S/C40H39Cl2F2N7O4S/c1-20-14-30(49-38(55-40(43)44)28(20)18-45-17-22-8-11-32(52)47-22)27-6-2-4-25(34(27)41)26-5-3-7-29(35(26)42)48-37-36-31(12-13-46-37)56-33(50-36)19-51-23-9-10-24(51)16-21(15-23)39(53)54/h2-7,12-14,21-24,40,45H,8-11,15-19H2,1H3,(H,46,48)(H,47,52)(H,53,54)/t21?,22-,23-,24+/m0/s1. The smallest absolute Gasteiger partial charge is 0.388 e. The number of benzene rings is 2. The normalized spacial score (nSPS) is 20.9. The Morgan fingerprint density at radius 3 is 2.50 bits per heavy atom. The summed E-state index contributed by atoms with van der Waals surface area (Å²) in [7, 11) is 0. The van der Waals surface area contributed by atoms with E-state index in [1.165, 1.54) is 0 Å². The van der Waals surface area contributed by atoms with E-state index in [1.54, 1.807) is 42.7 Å². The van der Waals surface area contributed by atoms with Gasteiger partial charge in [0, 0.05) is 66.1 Å². The third-order valence-electron chi connectivity index (χ3n) is 11.0. The zero-order chi connectivity index (χ0) is 39.1. The average molecular weight is 823 g/mol. The van der Waals surface area contributed by atoms with Crippen LogP contribution in [0.2, 0.25) is 10.0 Å². The maximum Gasteiger partial charge on any atom is 0.388 e. The molecule has 6 heterocycles. The molecule has 3 aliphatic heterocycles. The highest BCUT2D eigenvalue weighted by atomic mass is 35.5. The molecule has 3 aliphatic rings. The summed E-state index contributed by atoms with van der Waals surface area (Å²) in [6, 6.07) is 15.1. The number of pyridine rings is 2. The van der Waals surface area contributed by atoms with Crippen LogP contribution in [-0.2, 0) is 22.7 Å². The molecule has 0 saturated carbocycles. The van der Waals surface area contributed by atoms with Gasteiger partial charge in [-0.25, -0.2) is 15.0 Å². The summed E-state index contributed by atoms with van der Waals surface area (Å²) in [5.41, 5.74) is 4.58. The van der Waals surface area contributed by atoms with Gasteiger partial charge in [-0.3, -0.25) is 14.5 Å². The number of carbonyl (C=O) groups excluding carboxylic acids is 1. The summed E-state index contributed by atoms with van der Waals surface area (Å²) in [4.78, 5) is 39.8. The molecule has 3 fully saturated rings. The van der Waals surface area contributed by atoms with Crippen molar-refractivity contribution in [3.8, 4) is 28.3 Å². The largest absolute Gasteiger partial charge is 0.481 e. The van der Waals surface area contributed by atoms with Gasteiger partial charge < -0.3 is 25.8 Å². The number of carboxylic acid groups (broad SMARTS) is 1. The third-order valence-corrected chi connectivity index (χ3v) is 12.8. The Morgan fingerprint density at radius 2 is 1.79 bits per heavy atom. The molecule has 2 bridgehead atoms. The third kappa shape index (κ3) is 7.90. The molecule has 4 atom stereocenters. The number of aliphatic carboxylic acids is 1. The summed E-state index contributed by atoms with van der Waals surface area (Å²) in [6.45, 7) is 0.0780. The lowest BCUT2D eigenvalue weighted by Gasteiger charge is -2.36. The number of nitrogens with one attached hydrogen (secondary N) is 3. The molecule has 0 aliphatic carbocycles. The quantitative estimate of drug-likeness (QED) is 0.0913. The molecule has 1 amide bonds. The number of rotatable bonds is 13. The Hall–Kier alpha value is -4.47. The molecule has 0 spiro atoms. The fraction of sp³-hybridized carbons (Fsp3) is 0.375. The van der Waals surface area contributed by atoms with Crippen molar-refractivity contribution in [2.45, 2.75) is 83.3 Å². The SMILES string of the molecule is Cc1cc(-c2cccc(-c3cccc(Nc4nccc5sc(CN6[C@@H]7CC[C@H]6CC(C(=O)O)C7)nc45)c3Cl)c2Cl)nc(OC(F)F)c1CNC[C@@H]1CCC(=O)N1. The van der Waals surface area contributed by atoms with E-state index in [4.69, 9.17) is 32.9 Å². The van der Waals surface area contributed by atoms with Gasteiger partial charge in [-0.05, 0) is 62.8 Å². The first kappa shape index (κ1) is 38.4. The fourth-order valence-corrected chi connectivity index (χ4v) is 9.83. The molecule has 4 N–H and O–H groups in total. The lowest BCUT2D eigenvalue weighted by atomic mass is 9.91. The van der Waals surface area contributed by atoms with Gasteiger partial charge >= 0.3 is 12.6 Å². The second kappa shape index (κ2) is 16.2. The van der Waals surface area contributed by atoms with Gasteiger partial charge in [0.05, 0.1) is 38.6 Å². The van der Waals surface area contributed by atoms with Gasteiger partial charge in [0.2, 0.25) is 11.8 Å². The van der Waals surface area contributed by atoms with Crippen molar-refractivity contribution in [1.82, 2.24) is 30.5 Å². The predicted octanol–water partition coefficient (Wildman–Crippen LogP) is 8.58. The Kier molecular flexibility index (Phi) is 11.1. The van der Waals surface area contributed by atoms with Crippen LogP contribution < -0.4 is 20.7 Å². The van der Waals surface area contributed by atoms with Crippen LogP contribution in [0.3, 0.4) is 0 Å². The van der Waals surface area contributed by atoms with Gasteiger partial charge in [0.1, 0.15) is 10.5 Å². The number of halogens is 4. The number of carbonyl (C=O) groups is 2. The van der Waals surface area contributed by atoms with Crippen LogP contribution in [0.5, 0.6) is 5.88 Å². The van der Waals surface area contributed by atoms with Crippen molar-refractivity contribution < 1.29 is 28.2 Å². The van der Waals surface area contributed by atoms with E-state index >= 15 is 0 Å². The number of carboxylic acids is 1. The first-order valence-electron chi connectivity index (χ1n) is 18.6. The van der Waals surface area contributed by atoms with Crippen molar-refractivity contribution in [3.05, 3.63) is 80.9 Å². The minimum Gasteiger partial charge on any atom is -0.481 e. The Labute approximate surface area is 335 Å². The van der Waals surface area contributed by atoms with E-state index in [9.17, 15) is 23.5 Å². The number of ether oxygens (including phenoxy) is 1. The number of hydrogen-bond acceptors (Lipinski definition) is 10. The van der Waals surface area contributed by atoms with Crippen LogP contribution >= 0.6 is 34.5 Å². The highest BCUT2D eigenvalue weighted by Crippen LogP contribution is 2.44. The van der Waals surface area contributed by atoms with Crippen molar-refractivity contribution >= 4 is 68.1 Å². The first-order chi connectivity index (χ1) is 27.0. The topological polar surface area (TPSA) is 142 Å². The maximum atomic E-state index is 13.6. The summed E-state index contributed by atoms with van der Waals surface area (Å²) >= 11 is 15.8. The van der Waals surface area contributed by atoms with Crippen LogP contribution in [-0.4, -0.2) is 68.1 Å².